The summed E-state index contributed by atoms with van der Waals surface area (Å²) in [5.74, 6) is 4.44. The van der Waals surface area contributed by atoms with Crippen molar-refractivity contribution in [1.29, 1.82) is 0 Å². The summed E-state index contributed by atoms with van der Waals surface area (Å²) >= 11 is 0. The normalized spacial score (nSPS) is 34.2. The summed E-state index contributed by atoms with van der Waals surface area (Å²) < 4.78 is 8.08. The van der Waals surface area contributed by atoms with Crippen molar-refractivity contribution in [3.05, 3.63) is 11.8 Å². The van der Waals surface area contributed by atoms with Crippen LogP contribution in [0.1, 0.15) is 87.9 Å². The number of aryl methyl sites for hydroxylation is 1. The number of ether oxygens (including phenoxy) is 1. The number of hydrogen-bond acceptors (Lipinski definition) is 3. The third kappa shape index (κ3) is 3.82. The van der Waals surface area contributed by atoms with E-state index in [4.69, 9.17) is 4.74 Å². The van der Waals surface area contributed by atoms with Gasteiger partial charge in [0.1, 0.15) is 5.56 Å². The number of nitrogens with zero attached hydrogens (tertiary/aromatic N) is 2. The highest BCUT2D eigenvalue weighted by Crippen LogP contribution is 2.53. The molecule has 1 amide bonds. The van der Waals surface area contributed by atoms with Crippen LogP contribution in [0.15, 0.2) is 6.20 Å². The Morgan fingerprint density at radius 3 is 2.76 bits per heavy atom. The first-order valence-electron chi connectivity index (χ1n) is 12.2. The summed E-state index contributed by atoms with van der Waals surface area (Å²) in [6, 6.07) is 0.356. The molecule has 4 aliphatic rings. The first-order valence-corrected chi connectivity index (χ1v) is 12.2. The molecule has 4 fully saturated rings. The van der Waals surface area contributed by atoms with E-state index in [0.717, 1.165) is 18.4 Å². The zero-order valence-electron chi connectivity index (χ0n) is 17.9. The van der Waals surface area contributed by atoms with E-state index in [2.05, 4.69) is 17.3 Å². The van der Waals surface area contributed by atoms with Crippen LogP contribution in [0.4, 0.5) is 0 Å². The van der Waals surface area contributed by atoms with Gasteiger partial charge >= 0.3 is 0 Å². The van der Waals surface area contributed by atoms with Crippen molar-refractivity contribution in [3.8, 4) is 5.88 Å². The fraction of sp³-hybridized carbons (Fsp3) is 0.833. The molecule has 5 nitrogen and oxygen atoms in total. The van der Waals surface area contributed by atoms with E-state index in [9.17, 15) is 4.79 Å². The number of aromatic nitrogens is 2. The highest BCUT2D eigenvalue weighted by molar-refractivity contribution is 5.96. The fourth-order valence-corrected chi connectivity index (χ4v) is 7.02. The Kier molecular flexibility index (Phi) is 5.57. The standard InChI is InChI=1S/C24H37N3O2/c1-2-27-24(29-15-16-7-4-3-5-8-16)21(14-25-27)23(28)26-22-19-12-17-9-6-10-20(22)18(11-17)13-19/h14,16-20,22H,2-13,15H2,1H3,(H,26,28). The molecular formula is C24H37N3O2. The number of amides is 1. The number of rotatable bonds is 6. The molecule has 29 heavy (non-hydrogen) atoms. The molecule has 1 aromatic rings. The molecule has 0 saturated heterocycles. The van der Waals surface area contributed by atoms with Gasteiger partial charge in [0.25, 0.3) is 5.91 Å². The van der Waals surface area contributed by atoms with Crippen molar-refractivity contribution in [2.45, 2.75) is 90.1 Å². The first kappa shape index (κ1) is 19.4. The molecule has 1 heterocycles. The molecule has 0 spiro atoms. The van der Waals surface area contributed by atoms with Gasteiger partial charge in [-0.25, -0.2) is 4.68 Å². The summed E-state index contributed by atoms with van der Waals surface area (Å²) in [6.07, 6.45) is 16.3. The molecule has 5 unspecified atom stereocenters. The summed E-state index contributed by atoms with van der Waals surface area (Å²) in [5, 5.41) is 7.92. The van der Waals surface area contributed by atoms with Gasteiger partial charge in [-0.1, -0.05) is 32.1 Å². The molecule has 160 valence electrons. The predicted octanol–water partition coefficient (Wildman–Crippen LogP) is 4.81. The molecule has 5 rings (SSSR count). The van der Waals surface area contributed by atoms with E-state index in [1.165, 1.54) is 70.6 Å². The van der Waals surface area contributed by atoms with E-state index in [1.807, 2.05) is 4.68 Å². The summed E-state index contributed by atoms with van der Waals surface area (Å²) in [6.45, 7) is 3.50. The molecule has 0 aliphatic heterocycles. The van der Waals surface area contributed by atoms with Gasteiger partial charge in [0, 0.05) is 12.6 Å². The lowest BCUT2D eigenvalue weighted by atomic mass is 9.79. The minimum absolute atomic E-state index is 0.0306. The largest absolute Gasteiger partial charge is 0.477 e. The lowest BCUT2D eigenvalue weighted by Gasteiger charge is -2.30. The summed E-state index contributed by atoms with van der Waals surface area (Å²) in [4.78, 5) is 13.3. The minimum Gasteiger partial charge on any atom is -0.477 e. The first-order chi connectivity index (χ1) is 14.2. The Labute approximate surface area is 175 Å². The second-order valence-corrected chi connectivity index (χ2v) is 10.2. The molecule has 4 saturated carbocycles. The highest BCUT2D eigenvalue weighted by Gasteiger charge is 2.49. The Bertz CT molecular complexity index is 724. The molecule has 1 N–H and O–H groups in total. The van der Waals surface area contributed by atoms with Crippen LogP contribution in [0.3, 0.4) is 0 Å². The van der Waals surface area contributed by atoms with E-state index in [-0.39, 0.29) is 5.91 Å². The van der Waals surface area contributed by atoms with E-state index in [0.29, 0.717) is 41.8 Å². The lowest BCUT2D eigenvalue weighted by molar-refractivity contribution is 0.0900. The molecule has 5 heteroatoms. The molecule has 0 radical (unpaired) electrons. The number of nitrogens with one attached hydrogen (secondary N) is 1. The van der Waals surface area contributed by atoms with E-state index >= 15 is 0 Å². The minimum atomic E-state index is 0.0306. The smallest absolute Gasteiger partial charge is 0.258 e. The van der Waals surface area contributed by atoms with Crippen LogP contribution in [0.25, 0.3) is 0 Å². The van der Waals surface area contributed by atoms with Gasteiger partial charge in [-0.05, 0) is 75.0 Å². The second-order valence-electron chi connectivity index (χ2n) is 10.2. The van der Waals surface area contributed by atoms with Crippen LogP contribution in [0.2, 0.25) is 0 Å². The monoisotopic (exact) mass is 399 g/mol. The number of carbonyl (C=O) groups excluding carboxylic acids is 1. The van der Waals surface area contributed by atoms with Crippen LogP contribution in [-0.2, 0) is 6.54 Å². The molecule has 0 aromatic carbocycles. The summed E-state index contributed by atoms with van der Waals surface area (Å²) in [7, 11) is 0. The van der Waals surface area contributed by atoms with Crippen LogP contribution < -0.4 is 10.1 Å². The molecule has 4 aliphatic carbocycles. The molecule has 1 aromatic heterocycles. The van der Waals surface area contributed by atoms with Crippen LogP contribution >= 0.6 is 0 Å². The maximum atomic E-state index is 13.3. The van der Waals surface area contributed by atoms with Gasteiger partial charge in [-0.15, -0.1) is 0 Å². The van der Waals surface area contributed by atoms with Crippen LogP contribution in [-0.4, -0.2) is 28.3 Å². The van der Waals surface area contributed by atoms with Gasteiger partial charge in [0.05, 0.1) is 12.8 Å². The van der Waals surface area contributed by atoms with Crippen molar-refractivity contribution in [2.24, 2.45) is 29.6 Å². The van der Waals surface area contributed by atoms with Gasteiger partial charge in [-0.2, -0.15) is 5.10 Å². The molecular weight excluding hydrogens is 362 g/mol. The van der Waals surface area contributed by atoms with Crippen molar-refractivity contribution in [1.82, 2.24) is 15.1 Å². The van der Waals surface area contributed by atoms with Crippen LogP contribution in [0.5, 0.6) is 5.88 Å². The summed E-state index contributed by atoms with van der Waals surface area (Å²) in [5.41, 5.74) is 0.636. The van der Waals surface area contributed by atoms with Gasteiger partial charge < -0.3 is 10.1 Å². The van der Waals surface area contributed by atoms with E-state index in [1.54, 1.807) is 6.20 Å². The third-order valence-electron chi connectivity index (χ3n) is 8.42. The number of carbonyl (C=O) groups is 1. The van der Waals surface area contributed by atoms with Crippen molar-refractivity contribution < 1.29 is 9.53 Å². The van der Waals surface area contributed by atoms with E-state index < -0.39 is 0 Å². The molecule has 5 atom stereocenters. The highest BCUT2D eigenvalue weighted by atomic mass is 16.5. The van der Waals surface area contributed by atoms with Crippen molar-refractivity contribution in [3.63, 3.8) is 0 Å². The SMILES string of the molecule is CCn1ncc(C(=O)NC2C3CC4CCCC2C(C4)C3)c1OCC1CCCCC1. The lowest BCUT2D eigenvalue weighted by Crippen LogP contribution is -2.42. The average molecular weight is 400 g/mol. The average Bonchev–Trinajstić information content (AvgIpc) is 3.21. The predicted molar refractivity (Wildman–Crippen MR) is 113 cm³/mol. The third-order valence-corrected chi connectivity index (χ3v) is 8.42. The Hall–Kier alpha value is -1.52. The quantitative estimate of drug-likeness (QED) is 0.747. The fourth-order valence-electron chi connectivity index (χ4n) is 7.02. The number of fused-ring (bicyclic) bond motifs is 2. The second kappa shape index (κ2) is 8.31. The van der Waals surface area contributed by atoms with Gasteiger partial charge in [0.2, 0.25) is 5.88 Å². The Balaban J connectivity index is 1.29. The van der Waals surface area contributed by atoms with Gasteiger partial charge in [-0.3, -0.25) is 4.79 Å². The topological polar surface area (TPSA) is 56.2 Å². The van der Waals surface area contributed by atoms with Crippen LogP contribution in [0, 0.1) is 29.6 Å². The molecule has 3 bridgehead atoms. The number of hydrogen-bond donors (Lipinski definition) is 1. The van der Waals surface area contributed by atoms with Crippen molar-refractivity contribution in [2.75, 3.05) is 6.61 Å². The Morgan fingerprint density at radius 1 is 1.10 bits per heavy atom. The Morgan fingerprint density at radius 2 is 1.93 bits per heavy atom. The van der Waals surface area contributed by atoms with Gasteiger partial charge in [0.15, 0.2) is 0 Å². The zero-order chi connectivity index (χ0) is 19.8. The zero-order valence-corrected chi connectivity index (χ0v) is 17.9. The maximum Gasteiger partial charge on any atom is 0.258 e. The maximum absolute atomic E-state index is 13.3. The van der Waals surface area contributed by atoms with Crippen molar-refractivity contribution >= 4 is 5.91 Å².